The largest absolute Gasteiger partial charge is 0.320 e. The Morgan fingerprint density at radius 1 is 1.18 bits per heavy atom. The number of benzene rings is 2. The zero-order valence-electron chi connectivity index (χ0n) is 15.4. The van der Waals surface area contributed by atoms with Gasteiger partial charge in [-0.25, -0.2) is 0 Å². The average molecular weight is 461 g/mol. The first-order valence-corrected chi connectivity index (χ1v) is 9.90. The Morgan fingerprint density at radius 3 is 2.43 bits per heavy atom. The molecule has 1 aromatic heterocycles. The normalized spacial score (nSPS) is 10.7. The predicted molar refractivity (Wildman–Crippen MR) is 112 cm³/mol. The van der Waals surface area contributed by atoms with Gasteiger partial charge in [0.2, 0.25) is 0 Å². The summed E-state index contributed by atoms with van der Waals surface area (Å²) in [4.78, 5) is 25.2. The van der Waals surface area contributed by atoms with Crippen molar-refractivity contribution in [2.24, 2.45) is 7.05 Å². The third-order valence-corrected chi connectivity index (χ3v) is 5.91. The predicted octanol–water partition coefficient (Wildman–Crippen LogP) is 5.11. The third-order valence-electron chi connectivity index (χ3n) is 3.98. The maximum atomic E-state index is 12.7. The Labute approximate surface area is 174 Å². The molecule has 7 nitrogen and oxygen atoms in total. The van der Waals surface area contributed by atoms with Gasteiger partial charge in [-0.15, -0.1) is 0 Å². The number of aryl methyl sites for hydroxylation is 3. The Hall–Kier alpha value is -2.65. The van der Waals surface area contributed by atoms with Crippen molar-refractivity contribution >= 4 is 45.0 Å². The fourth-order valence-electron chi connectivity index (χ4n) is 2.63. The minimum absolute atomic E-state index is 0.0901. The molecule has 2 aromatic carbocycles. The number of carbonyl (C=O) groups is 1. The average Bonchev–Trinajstić information content (AvgIpc) is 2.88. The number of halogens is 1. The summed E-state index contributed by atoms with van der Waals surface area (Å²) in [7, 11) is 1.67. The van der Waals surface area contributed by atoms with Crippen LogP contribution in [0.4, 0.5) is 11.4 Å². The van der Waals surface area contributed by atoms with Crippen LogP contribution in [0, 0.1) is 24.0 Å². The van der Waals surface area contributed by atoms with Crippen molar-refractivity contribution in [3.05, 3.63) is 74.0 Å². The second kappa shape index (κ2) is 8.15. The molecule has 3 rings (SSSR count). The number of anilines is 1. The highest BCUT2D eigenvalue weighted by Crippen LogP contribution is 2.33. The second-order valence-electron chi connectivity index (χ2n) is 6.21. The van der Waals surface area contributed by atoms with E-state index in [1.54, 1.807) is 20.0 Å². The van der Waals surface area contributed by atoms with Gasteiger partial charge in [-0.2, -0.15) is 5.10 Å². The topological polar surface area (TPSA) is 90.1 Å². The number of nitrogens with one attached hydrogen (secondary N) is 1. The molecule has 0 saturated carbocycles. The van der Waals surface area contributed by atoms with Gasteiger partial charge < -0.3 is 5.32 Å². The van der Waals surface area contributed by atoms with Crippen LogP contribution < -0.4 is 5.32 Å². The number of nitrogens with zero attached hydrogens (tertiary/aromatic N) is 3. The van der Waals surface area contributed by atoms with Crippen molar-refractivity contribution in [3.8, 4) is 0 Å². The molecule has 0 unspecified atom stereocenters. The molecule has 144 valence electrons. The summed E-state index contributed by atoms with van der Waals surface area (Å²) >= 11 is 4.75. The van der Waals surface area contributed by atoms with Gasteiger partial charge in [0.05, 0.1) is 15.1 Å². The fourth-order valence-corrected chi connectivity index (χ4v) is 4.06. The first-order valence-electron chi connectivity index (χ1n) is 8.29. The molecule has 0 spiro atoms. The van der Waals surface area contributed by atoms with Gasteiger partial charge in [-0.05, 0) is 48.0 Å². The molecule has 1 N–H and O–H groups in total. The number of carbonyl (C=O) groups excluding carboxylic acids is 1. The summed E-state index contributed by atoms with van der Waals surface area (Å²) in [5.41, 5.74) is 2.42. The van der Waals surface area contributed by atoms with Crippen LogP contribution in [-0.4, -0.2) is 20.6 Å². The van der Waals surface area contributed by atoms with E-state index in [-0.39, 0.29) is 5.69 Å². The minimum Gasteiger partial charge on any atom is -0.320 e. The van der Waals surface area contributed by atoms with Crippen LogP contribution in [0.2, 0.25) is 0 Å². The first kappa shape index (κ1) is 20.1. The van der Waals surface area contributed by atoms with Crippen LogP contribution in [0.5, 0.6) is 0 Å². The second-order valence-corrected chi connectivity index (χ2v) is 8.15. The van der Waals surface area contributed by atoms with Crippen molar-refractivity contribution in [1.82, 2.24) is 9.78 Å². The molecule has 0 aliphatic heterocycles. The molecule has 0 radical (unpaired) electrons. The quantitative estimate of drug-likeness (QED) is 0.421. The molecule has 0 atom stereocenters. The van der Waals surface area contributed by atoms with Crippen molar-refractivity contribution < 1.29 is 9.72 Å². The molecule has 0 bridgehead atoms. The molecular formula is C19H17BrN4O3S. The van der Waals surface area contributed by atoms with E-state index in [1.807, 2.05) is 31.2 Å². The highest BCUT2D eigenvalue weighted by molar-refractivity contribution is 9.10. The van der Waals surface area contributed by atoms with Crippen LogP contribution in [0.3, 0.4) is 0 Å². The van der Waals surface area contributed by atoms with Crippen molar-refractivity contribution in [1.29, 1.82) is 0 Å². The molecule has 0 fully saturated rings. The van der Waals surface area contributed by atoms with Gasteiger partial charge in [0.1, 0.15) is 5.69 Å². The molecule has 0 aliphatic rings. The van der Waals surface area contributed by atoms with Crippen molar-refractivity contribution in [3.63, 3.8) is 0 Å². The monoisotopic (exact) mass is 460 g/mol. The summed E-state index contributed by atoms with van der Waals surface area (Å²) in [6, 6.07) is 12.4. The number of amides is 1. The summed E-state index contributed by atoms with van der Waals surface area (Å²) in [5, 5.41) is 18.3. The summed E-state index contributed by atoms with van der Waals surface area (Å²) in [5.74, 6) is -0.401. The van der Waals surface area contributed by atoms with Gasteiger partial charge in [0, 0.05) is 34.7 Å². The lowest BCUT2D eigenvalue weighted by atomic mass is 10.2. The zero-order valence-corrected chi connectivity index (χ0v) is 17.8. The van der Waals surface area contributed by atoms with Crippen LogP contribution in [0.1, 0.15) is 21.7 Å². The number of hydrogen-bond acceptors (Lipinski definition) is 5. The van der Waals surface area contributed by atoms with E-state index in [1.165, 1.54) is 28.6 Å². The third kappa shape index (κ3) is 4.42. The van der Waals surface area contributed by atoms with Gasteiger partial charge in [-0.1, -0.05) is 29.5 Å². The Kier molecular flexibility index (Phi) is 5.85. The van der Waals surface area contributed by atoms with Crippen molar-refractivity contribution in [2.75, 3.05) is 5.32 Å². The summed E-state index contributed by atoms with van der Waals surface area (Å²) in [6.45, 7) is 3.78. The number of hydrogen-bond donors (Lipinski definition) is 1. The lowest BCUT2D eigenvalue weighted by Crippen LogP contribution is -2.16. The van der Waals surface area contributed by atoms with E-state index in [0.717, 1.165) is 10.5 Å². The summed E-state index contributed by atoms with van der Waals surface area (Å²) < 4.78 is 2.06. The van der Waals surface area contributed by atoms with E-state index < -0.39 is 10.8 Å². The van der Waals surface area contributed by atoms with Crippen LogP contribution >= 0.6 is 27.7 Å². The van der Waals surface area contributed by atoms with Gasteiger partial charge >= 0.3 is 0 Å². The van der Waals surface area contributed by atoms with Crippen LogP contribution in [0.15, 0.2) is 56.7 Å². The van der Waals surface area contributed by atoms with E-state index in [4.69, 9.17) is 0 Å². The lowest BCUT2D eigenvalue weighted by Gasteiger charge is -2.09. The van der Waals surface area contributed by atoms with Gasteiger partial charge in [0.25, 0.3) is 11.6 Å². The molecule has 1 amide bonds. The maximum Gasteiger partial charge on any atom is 0.275 e. The van der Waals surface area contributed by atoms with E-state index in [2.05, 4.69) is 26.3 Å². The number of nitro groups is 1. The van der Waals surface area contributed by atoms with Gasteiger partial charge in [0.15, 0.2) is 0 Å². The van der Waals surface area contributed by atoms with E-state index >= 15 is 0 Å². The standard InChI is InChI=1S/C19H17BrN4O3S/c1-11-4-6-15(7-5-11)28-16-9-13(8-14(10-16)24(26)27)21-19(25)18-17(20)12(2)22-23(18)3/h4-10H,1-3H3,(H,21,25). The molecule has 1 heterocycles. The maximum absolute atomic E-state index is 12.7. The van der Waals surface area contributed by atoms with Crippen molar-refractivity contribution in [2.45, 2.75) is 23.6 Å². The molecule has 28 heavy (non-hydrogen) atoms. The highest BCUT2D eigenvalue weighted by atomic mass is 79.9. The molecular weight excluding hydrogens is 444 g/mol. The van der Waals surface area contributed by atoms with E-state index in [0.29, 0.717) is 26.4 Å². The SMILES string of the molecule is Cc1ccc(Sc2cc(NC(=O)c3c(Br)c(C)nn3C)cc([N+](=O)[O-])c2)cc1. The number of non-ortho nitro benzene ring substituents is 1. The molecule has 3 aromatic rings. The number of nitro benzene ring substituents is 1. The van der Waals surface area contributed by atoms with E-state index in [9.17, 15) is 14.9 Å². The summed E-state index contributed by atoms with van der Waals surface area (Å²) in [6.07, 6.45) is 0. The lowest BCUT2D eigenvalue weighted by molar-refractivity contribution is -0.385. The molecule has 9 heteroatoms. The molecule has 0 saturated heterocycles. The first-order chi connectivity index (χ1) is 13.2. The fraction of sp³-hybridized carbons (Fsp3) is 0.158. The Balaban J connectivity index is 1.91. The zero-order chi connectivity index (χ0) is 20.4. The highest BCUT2D eigenvalue weighted by Gasteiger charge is 2.20. The van der Waals surface area contributed by atoms with Crippen LogP contribution in [-0.2, 0) is 7.05 Å². The van der Waals surface area contributed by atoms with Crippen LogP contribution in [0.25, 0.3) is 0 Å². The molecule has 0 aliphatic carbocycles. The van der Waals surface area contributed by atoms with Gasteiger partial charge in [-0.3, -0.25) is 19.6 Å². The Bertz CT molecular complexity index is 1060. The number of aromatic nitrogens is 2. The minimum atomic E-state index is -0.473. The number of rotatable bonds is 5. The Morgan fingerprint density at radius 2 is 1.86 bits per heavy atom. The smallest absolute Gasteiger partial charge is 0.275 e.